The molecule has 78 valence electrons. The van der Waals surface area contributed by atoms with Crippen molar-refractivity contribution < 1.29 is 9.90 Å². The minimum atomic E-state index is -0.888. The number of rotatable bonds is 3. The molecule has 0 saturated carbocycles. The fourth-order valence-corrected chi connectivity index (χ4v) is 2.11. The molecule has 2 N–H and O–H groups in total. The number of nitrogens with one attached hydrogen (secondary N) is 1. The Bertz CT molecular complexity index is 509. The molecule has 0 saturated heterocycles. The lowest BCUT2D eigenvalue weighted by Gasteiger charge is -2.02. The number of carbonyl (C=O) groups is 1. The molecule has 0 bridgehead atoms. The molecule has 2 aromatic rings. The molecule has 2 aromatic heterocycles. The lowest BCUT2D eigenvalue weighted by molar-refractivity contribution is -0.134. The molecule has 0 aliphatic carbocycles. The third kappa shape index (κ3) is 2.04. The summed E-state index contributed by atoms with van der Waals surface area (Å²) >= 11 is 1.50. The first-order valence-electron chi connectivity index (χ1n) is 4.34. The van der Waals surface area contributed by atoms with Gasteiger partial charge in [-0.1, -0.05) is 0 Å². The lowest BCUT2D eigenvalue weighted by Crippen LogP contribution is -2.12. The number of hydrogen-bond acceptors (Lipinski definition) is 5. The van der Waals surface area contributed by atoms with E-state index in [1.807, 2.05) is 6.92 Å². The third-order valence-electron chi connectivity index (χ3n) is 1.83. The predicted octanol–water partition coefficient (Wildman–Crippen LogP) is 1.50. The fraction of sp³-hybridized carbons (Fsp3) is 0.222. The molecule has 6 heteroatoms. The highest BCUT2D eigenvalue weighted by Crippen LogP contribution is 2.27. The molecule has 0 aromatic carbocycles. The van der Waals surface area contributed by atoms with Crippen molar-refractivity contribution >= 4 is 33.3 Å². The smallest absolute Gasteiger partial charge is 0.322 e. The summed E-state index contributed by atoms with van der Waals surface area (Å²) in [5.74, 6) is -0.888. The summed E-state index contributed by atoms with van der Waals surface area (Å²) in [5, 5.41) is 12.3. The number of carboxylic acids is 1. The van der Waals surface area contributed by atoms with Gasteiger partial charge in [0, 0.05) is 6.20 Å². The van der Waals surface area contributed by atoms with Gasteiger partial charge in [-0.2, -0.15) is 0 Å². The summed E-state index contributed by atoms with van der Waals surface area (Å²) < 4.78 is 0.899. The van der Waals surface area contributed by atoms with E-state index in [0.717, 1.165) is 15.4 Å². The van der Waals surface area contributed by atoms with Crippen molar-refractivity contribution in [3.63, 3.8) is 0 Å². The van der Waals surface area contributed by atoms with Crippen LogP contribution in [0.25, 0.3) is 10.3 Å². The summed E-state index contributed by atoms with van der Waals surface area (Å²) in [5.41, 5.74) is 1.43. The maximum absolute atomic E-state index is 10.4. The number of carboxylic acid groups (broad SMARTS) is 1. The molecule has 0 fully saturated rings. The Hall–Kier alpha value is -1.69. The van der Waals surface area contributed by atoms with Gasteiger partial charge in [0.15, 0.2) is 5.65 Å². The Morgan fingerprint density at radius 1 is 1.67 bits per heavy atom. The van der Waals surface area contributed by atoms with Crippen molar-refractivity contribution in [2.75, 3.05) is 11.9 Å². The van der Waals surface area contributed by atoms with Crippen molar-refractivity contribution in [2.24, 2.45) is 0 Å². The molecule has 0 aliphatic heterocycles. The number of aliphatic carboxylic acids is 1. The van der Waals surface area contributed by atoms with Crippen molar-refractivity contribution in [2.45, 2.75) is 6.92 Å². The number of pyridine rings is 1. The van der Waals surface area contributed by atoms with Crippen LogP contribution in [0.1, 0.15) is 5.01 Å². The molecule has 5 nitrogen and oxygen atoms in total. The molecule has 0 amide bonds. The second-order valence-corrected chi connectivity index (χ2v) is 4.19. The van der Waals surface area contributed by atoms with E-state index in [0.29, 0.717) is 5.65 Å². The van der Waals surface area contributed by atoms with E-state index in [2.05, 4.69) is 15.3 Å². The van der Waals surface area contributed by atoms with Gasteiger partial charge in [0.05, 0.1) is 15.4 Å². The Kier molecular flexibility index (Phi) is 2.51. The predicted molar refractivity (Wildman–Crippen MR) is 58.3 cm³/mol. The Balaban J connectivity index is 2.37. The number of thiazole rings is 1. The van der Waals surface area contributed by atoms with Gasteiger partial charge in [-0.3, -0.25) is 4.79 Å². The van der Waals surface area contributed by atoms with Crippen LogP contribution in [0.4, 0.5) is 5.69 Å². The molecular weight excluding hydrogens is 214 g/mol. The average Bonchev–Trinajstić information content (AvgIpc) is 2.55. The maximum Gasteiger partial charge on any atom is 0.322 e. The summed E-state index contributed by atoms with van der Waals surface area (Å²) in [6.07, 6.45) is 1.62. The van der Waals surface area contributed by atoms with Gasteiger partial charge in [-0.05, 0) is 13.0 Å². The van der Waals surface area contributed by atoms with E-state index in [9.17, 15) is 4.79 Å². The van der Waals surface area contributed by atoms with E-state index < -0.39 is 5.97 Å². The number of aromatic nitrogens is 2. The van der Waals surface area contributed by atoms with Crippen LogP contribution < -0.4 is 5.32 Å². The van der Waals surface area contributed by atoms with Crippen molar-refractivity contribution in [3.8, 4) is 0 Å². The lowest BCUT2D eigenvalue weighted by atomic mass is 10.4. The zero-order valence-corrected chi connectivity index (χ0v) is 8.84. The number of nitrogens with zero attached hydrogens (tertiary/aromatic N) is 2. The zero-order valence-electron chi connectivity index (χ0n) is 8.02. The van der Waals surface area contributed by atoms with Crippen LogP contribution in [-0.2, 0) is 4.79 Å². The van der Waals surface area contributed by atoms with E-state index in [1.165, 1.54) is 11.3 Å². The quantitative estimate of drug-likeness (QED) is 0.824. The number of fused-ring (bicyclic) bond motifs is 1. The van der Waals surface area contributed by atoms with Gasteiger partial charge in [0.2, 0.25) is 0 Å². The normalized spacial score (nSPS) is 10.5. The van der Waals surface area contributed by atoms with Crippen LogP contribution in [0.2, 0.25) is 0 Å². The van der Waals surface area contributed by atoms with E-state index in [4.69, 9.17) is 5.11 Å². The van der Waals surface area contributed by atoms with Crippen molar-refractivity contribution in [3.05, 3.63) is 17.3 Å². The van der Waals surface area contributed by atoms with E-state index in [-0.39, 0.29) is 6.54 Å². The average molecular weight is 223 g/mol. The van der Waals surface area contributed by atoms with Crippen LogP contribution in [0, 0.1) is 6.92 Å². The van der Waals surface area contributed by atoms with Crippen LogP contribution in [-0.4, -0.2) is 27.6 Å². The summed E-state index contributed by atoms with van der Waals surface area (Å²) in [4.78, 5) is 18.7. The highest BCUT2D eigenvalue weighted by atomic mass is 32.1. The van der Waals surface area contributed by atoms with Gasteiger partial charge in [-0.25, -0.2) is 9.97 Å². The van der Waals surface area contributed by atoms with E-state index >= 15 is 0 Å². The second-order valence-electron chi connectivity index (χ2n) is 2.99. The molecular formula is C9H9N3O2S. The van der Waals surface area contributed by atoms with Crippen LogP contribution in [0.5, 0.6) is 0 Å². The van der Waals surface area contributed by atoms with Gasteiger partial charge in [-0.15, -0.1) is 11.3 Å². The molecule has 0 unspecified atom stereocenters. The van der Waals surface area contributed by atoms with Crippen molar-refractivity contribution in [1.82, 2.24) is 9.97 Å². The number of aryl methyl sites for hydroxylation is 1. The third-order valence-corrected chi connectivity index (χ3v) is 2.82. The fourth-order valence-electron chi connectivity index (χ4n) is 1.25. The highest BCUT2D eigenvalue weighted by Gasteiger charge is 2.07. The summed E-state index contributed by atoms with van der Waals surface area (Å²) in [7, 11) is 0. The maximum atomic E-state index is 10.4. The van der Waals surface area contributed by atoms with Gasteiger partial charge < -0.3 is 10.4 Å². The molecule has 0 aliphatic rings. The molecule has 0 radical (unpaired) electrons. The molecule has 15 heavy (non-hydrogen) atoms. The number of hydrogen-bond donors (Lipinski definition) is 2. The Morgan fingerprint density at radius 3 is 3.20 bits per heavy atom. The monoisotopic (exact) mass is 223 g/mol. The van der Waals surface area contributed by atoms with Crippen LogP contribution >= 0.6 is 11.3 Å². The summed E-state index contributed by atoms with van der Waals surface area (Å²) in [6, 6.07) is 1.75. The van der Waals surface area contributed by atoms with Gasteiger partial charge >= 0.3 is 5.97 Å². The minimum Gasteiger partial charge on any atom is -0.480 e. The Morgan fingerprint density at radius 2 is 2.47 bits per heavy atom. The number of anilines is 1. The Labute approximate surface area is 89.8 Å². The zero-order chi connectivity index (χ0) is 10.8. The molecule has 0 atom stereocenters. The molecule has 2 heterocycles. The first kappa shape index (κ1) is 9.85. The van der Waals surface area contributed by atoms with Crippen molar-refractivity contribution in [1.29, 1.82) is 0 Å². The topological polar surface area (TPSA) is 75.1 Å². The highest BCUT2D eigenvalue weighted by molar-refractivity contribution is 7.19. The first-order chi connectivity index (χ1) is 7.16. The summed E-state index contributed by atoms with van der Waals surface area (Å²) in [6.45, 7) is 1.80. The SMILES string of the molecule is Cc1nc2nccc(NCC(=O)O)c2s1. The van der Waals surface area contributed by atoms with E-state index in [1.54, 1.807) is 12.3 Å². The minimum absolute atomic E-state index is 0.101. The molecule has 0 spiro atoms. The largest absolute Gasteiger partial charge is 0.480 e. The first-order valence-corrected chi connectivity index (χ1v) is 5.16. The van der Waals surface area contributed by atoms with Crippen LogP contribution in [0.3, 0.4) is 0 Å². The molecule has 2 rings (SSSR count). The van der Waals surface area contributed by atoms with Gasteiger partial charge in [0.25, 0.3) is 0 Å². The van der Waals surface area contributed by atoms with Gasteiger partial charge in [0.1, 0.15) is 6.54 Å². The van der Waals surface area contributed by atoms with Crippen LogP contribution in [0.15, 0.2) is 12.3 Å². The second kappa shape index (κ2) is 3.82. The standard InChI is InChI=1S/C9H9N3O2S/c1-5-12-9-8(15-5)6(2-3-10-9)11-4-7(13)14/h2-3H,4H2,1H3,(H,10,11)(H,13,14).